The lowest BCUT2D eigenvalue weighted by Gasteiger charge is -2.13. The van der Waals surface area contributed by atoms with Gasteiger partial charge < -0.3 is 14.0 Å². The van der Waals surface area contributed by atoms with Crippen molar-refractivity contribution < 1.29 is 27.4 Å². The molecule has 0 bridgehead atoms. The van der Waals surface area contributed by atoms with Crippen LogP contribution in [0.15, 0.2) is 43.0 Å². The molecular formula is C15H15F3N2O3. The highest BCUT2D eigenvalue weighted by Gasteiger charge is 2.31. The second-order valence-electron chi connectivity index (χ2n) is 4.68. The van der Waals surface area contributed by atoms with E-state index in [1.54, 1.807) is 29.4 Å². The number of alkyl halides is 3. The van der Waals surface area contributed by atoms with Crippen molar-refractivity contribution in [3.63, 3.8) is 0 Å². The first-order valence-corrected chi connectivity index (χ1v) is 6.89. The Morgan fingerprint density at radius 1 is 1.26 bits per heavy atom. The van der Waals surface area contributed by atoms with E-state index < -0.39 is 12.3 Å². The van der Waals surface area contributed by atoms with Gasteiger partial charge in [-0.1, -0.05) is 18.2 Å². The number of hydrogen-bond acceptors (Lipinski definition) is 4. The molecule has 2 rings (SSSR count). The SMILES string of the molecule is O=C(CCc1ccccc1OC(F)(F)F)OCCn1ccnc1. The van der Waals surface area contributed by atoms with Gasteiger partial charge in [0.1, 0.15) is 12.4 Å². The number of esters is 1. The van der Waals surface area contributed by atoms with Gasteiger partial charge in [-0.3, -0.25) is 4.79 Å². The minimum atomic E-state index is -4.76. The van der Waals surface area contributed by atoms with Gasteiger partial charge in [-0.05, 0) is 18.1 Å². The van der Waals surface area contributed by atoms with Crippen LogP contribution in [0.2, 0.25) is 0 Å². The zero-order chi connectivity index (χ0) is 16.7. The molecule has 124 valence electrons. The molecular weight excluding hydrogens is 313 g/mol. The molecule has 0 atom stereocenters. The molecule has 1 aromatic carbocycles. The first-order valence-electron chi connectivity index (χ1n) is 6.89. The van der Waals surface area contributed by atoms with Crippen LogP contribution >= 0.6 is 0 Å². The van der Waals surface area contributed by atoms with Crippen LogP contribution < -0.4 is 4.74 Å². The van der Waals surface area contributed by atoms with Crippen LogP contribution in [0.4, 0.5) is 13.2 Å². The Bertz CT molecular complexity index is 627. The van der Waals surface area contributed by atoms with E-state index in [0.717, 1.165) is 0 Å². The summed E-state index contributed by atoms with van der Waals surface area (Å²) in [6.45, 7) is 0.648. The Balaban J connectivity index is 1.79. The maximum Gasteiger partial charge on any atom is 0.573 e. The van der Waals surface area contributed by atoms with E-state index in [2.05, 4.69) is 9.72 Å². The minimum Gasteiger partial charge on any atom is -0.464 e. The molecule has 1 aromatic heterocycles. The summed E-state index contributed by atoms with van der Waals surface area (Å²) in [4.78, 5) is 15.5. The summed E-state index contributed by atoms with van der Waals surface area (Å²) in [6, 6.07) is 5.73. The number of carbonyl (C=O) groups excluding carboxylic acids is 1. The maximum atomic E-state index is 12.3. The molecule has 1 heterocycles. The highest BCUT2D eigenvalue weighted by Crippen LogP contribution is 2.27. The molecule has 8 heteroatoms. The van der Waals surface area contributed by atoms with Crippen molar-refractivity contribution in [1.29, 1.82) is 0 Å². The molecule has 0 aliphatic heterocycles. The summed E-state index contributed by atoms with van der Waals surface area (Å²) in [5.74, 6) is -0.779. The summed E-state index contributed by atoms with van der Waals surface area (Å²) in [5.41, 5.74) is 0.302. The fourth-order valence-electron chi connectivity index (χ4n) is 1.93. The monoisotopic (exact) mass is 328 g/mol. The quantitative estimate of drug-likeness (QED) is 0.733. The number of hydrogen-bond donors (Lipinski definition) is 0. The summed E-state index contributed by atoms with van der Waals surface area (Å²) in [5, 5.41) is 0. The van der Waals surface area contributed by atoms with Gasteiger partial charge in [0.2, 0.25) is 0 Å². The van der Waals surface area contributed by atoms with E-state index in [-0.39, 0.29) is 25.2 Å². The molecule has 23 heavy (non-hydrogen) atoms. The van der Waals surface area contributed by atoms with Crippen molar-refractivity contribution in [2.24, 2.45) is 0 Å². The highest BCUT2D eigenvalue weighted by molar-refractivity contribution is 5.69. The predicted molar refractivity (Wildman–Crippen MR) is 74.6 cm³/mol. The fraction of sp³-hybridized carbons (Fsp3) is 0.333. The number of halogens is 3. The van der Waals surface area contributed by atoms with E-state index in [4.69, 9.17) is 4.74 Å². The van der Waals surface area contributed by atoms with Crippen molar-refractivity contribution in [3.05, 3.63) is 48.5 Å². The van der Waals surface area contributed by atoms with E-state index in [1.807, 2.05) is 0 Å². The Morgan fingerprint density at radius 2 is 2.04 bits per heavy atom. The normalized spacial score (nSPS) is 11.3. The van der Waals surface area contributed by atoms with Crippen molar-refractivity contribution in [1.82, 2.24) is 9.55 Å². The summed E-state index contributed by atoms with van der Waals surface area (Å²) < 4.78 is 47.6. The Morgan fingerprint density at radius 3 is 2.74 bits per heavy atom. The Kier molecular flexibility index (Phi) is 5.61. The van der Waals surface area contributed by atoms with Gasteiger partial charge in [-0.25, -0.2) is 4.98 Å². The third-order valence-electron chi connectivity index (χ3n) is 2.97. The van der Waals surface area contributed by atoms with Crippen LogP contribution in [-0.2, 0) is 22.5 Å². The van der Waals surface area contributed by atoms with Gasteiger partial charge in [0.05, 0.1) is 12.9 Å². The van der Waals surface area contributed by atoms with Crippen LogP contribution in [0.3, 0.4) is 0 Å². The third-order valence-corrected chi connectivity index (χ3v) is 2.97. The van der Waals surface area contributed by atoms with Gasteiger partial charge >= 0.3 is 12.3 Å². The average molecular weight is 328 g/mol. The van der Waals surface area contributed by atoms with E-state index in [9.17, 15) is 18.0 Å². The second kappa shape index (κ2) is 7.66. The lowest BCUT2D eigenvalue weighted by molar-refractivity contribution is -0.274. The molecule has 0 radical (unpaired) electrons. The molecule has 0 N–H and O–H groups in total. The van der Waals surface area contributed by atoms with Crippen molar-refractivity contribution in [3.8, 4) is 5.75 Å². The molecule has 0 spiro atoms. The topological polar surface area (TPSA) is 53.4 Å². The van der Waals surface area contributed by atoms with Crippen LogP contribution in [-0.4, -0.2) is 28.5 Å². The maximum absolute atomic E-state index is 12.3. The number of para-hydroxylation sites is 1. The molecule has 0 saturated carbocycles. The smallest absolute Gasteiger partial charge is 0.464 e. The second-order valence-corrected chi connectivity index (χ2v) is 4.68. The number of aromatic nitrogens is 2. The number of nitrogens with zero attached hydrogens (tertiary/aromatic N) is 2. The van der Waals surface area contributed by atoms with Crippen LogP contribution in [0.1, 0.15) is 12.0 Å². The molecule has 0 unspecified atom stereocenters. The average Bonchev–Trinajstić information content (AvgIpc) is 2.98. The van der Waals surface area contributed by atoms with Gasteiger partial charge in [0.25, 0.3) is 0 Å². The van der Waals surface area contributed by atoms with E-state index in [1.165, 1.54) is 18.2 Å². The summed E-state index contributed by atoms with van der Waals surface area (Å²) in [6.07, 6.45) is 0.260. The van der Waals surface area contributed by atoms with Gasteiger partial charge in [-0.15, -0.1) is 13.2 Å². The van der Waals surface area contributed by atoms with E-state index >= 15 is 0 Å². The van der Waals surface area contributed by atoms with E-state index in [0.29, 0.717) is 12.1 Å². The van der Waals surface area contributed by atoms with Crippen molar-refractivity contribution >= 4 is 5.97 Å². The number of benzene rings is 1. The first-order chi connectivity index (χ1) is 10.9. The lowest BCUT2D eigenvalue weighted by atomic mass is 10.1. The third kappa shape index (κ3) is 6.01. The number of carbonyl (C=O) groups is 1. The summed E-state index contributed by atoms with van der Waals surface area (Å²) in [7, 11) is 0. The standard InChI is InChI=1S/C15H15F3N2O3/c16-15(17,18)23-13-4-2-1-3-12(13)5-6-14(21)22-10-9-20-8-7-19-11-20/h1-4,7-8,11H,5-6,9-10H2. The van der Waals surface area contributed by atoms with Gasteiger partial charge in [-0.2, -0.15) is 0 Å². The van der Waals surface area contributed by atoms with Crippen molar-refractivity contribution in [2.45, 2.75) is 25.7 Å². The first kappa shape index (κ1) is 16.9. The molecule has 0 aliphatic rings. The Hall–Kier alpha value is -2.51. The zero-order valence-corrected chi connectivity index (χ0v) is 12.1. The fourth-order valence-corrected chi connectivity index (χ4v) is 1.93. The van der Waals surface area contributed by atoms with Crippen LogP contribution in [0.5, 0.6) is 5.75 Å². The van der Waals surface area contributed by atoms with Gasteiger partial charge in [0, 0.05) is 18.8 Å². The molecule has 2 aromatic rings. The zero-order valence-electron chi connectivity index (χ0n) is 12.1. The number of imidazole rings is 1. The molecule has 0 aliphatic carbocycles. The van der Waals surface area contributed by atoms with Crippen molar-refractivity contribution in [2.75, 3.05) is 6.61 Å². The predicted octanol–water partition coefficient (Wildman–Crippen LogP) is 2.96. The van der Waals surface area contributed by atoms with Crippen LogP contribution in [0, 0.1) is 0 Å². The lowest BCUT2D eigenvalue weighted by Crippen LogP contribution is -2.18. The number of rotatable bonds is 7. The minimum absolute atomic E-state index is 0.0256. The largest absolute Gasteiger partial charge is 0.573 e. The summed E-state index contributed by atoms with van der Waals surface area (Å²) >= 11 is 0. The molecule has 0 fully saturated rings. The molecule has 5 nitrogen and oxygen atoms in total. The van der Waals surface area contributed by atoms with Crippen LogP contribution in [0.25, 0.3) is 0 Å². The number of aryl methyl sites for hydroxylation is 1. The Labute approximate surface area is 130 Å². The number of ether oxygens (including phenoxy) is 2. The highest BCUT2D eigenvalue weighted by atomic mass is 19.4. The molecule has 0 amide bonds. The molecule has 0 saturated heterocycles. The van der Waals surface area contributed by atoms with Gasteiger partial charge in [0.15, 0.2) is 0 Å².